The van der Waals surface area contributed by atoms with Crippen LogP contribution in [-0.2, 0) is 19.6 Å². The number of rotatable bonds is 8. The van der Waals surface area contributed by atoms with Gasteiger partial charge in [0, 0.05) is 37.4 Å². The van der Waals surface area contributed by atoms with Crippen LogP contribution in [0.15, 0.2) is 30.5 Å². The van der Waals surface area contributed by atoms with E-state index in [1.807, 2.05) is 10.9 Å². The lowest BCUT2D eigenvalue weighted by molar-refractivity contribution is 0.320. The monoisotopic (exact) mass is 342 g/mol. The first kappa shape index (κ1) is 18.0. The van der Waals surface area contributed by atoms with E-state index in [1.54, 1.807) is 7.11 Å². The minimum atomic E-state index is 0.270. The molecule has 1 fully saturated rings. The van der Waals surface area contributed by atoms with Crippen LogP contribution in [0.25, 0.3) is 0 Å². The van der Waals surface area contributed by atoms with Crippen molar-refractivity contribution < 1.29 is 4.74 Å². The fourth-order valence-corrected chi connectivity index (χ4v) is 3.60. The zero-order valence-electron chi connectivity index (χ0n) is 15.7. The van der Waals surface area contributed by atoms with Gasteiger partial charge in [-0.2, -0.15) is 5.10 Å². The zero-order valence-corrected chi connectivity index (χ0v) is 15.7. The first-order valence-electron chi connectivity index (χ1n) is 9.34. The third-order valence-electron chi connectivity index (χ3n) is 5.04. The number of ether oxygens (including phenoxy) is 1. The van der Waals surface area contributed by atoms with E-state index >= 15 is 0 Å². The highest BCUT2D eigenvalue weighted by molar-refractivity contribution is 5.37. The summed E-state index contributed by atoms with van der Waals surface area (Å²) in [5.74, 6) is 0.993. The van der Waals surface area contributed by atoms with Crippen molar-refractivity contribution in [2.24, 2.45) is 0 Å². The van der Waals surface area contributed by atoms with Crippen LogP contribution in [0.4, 0.5) is 0 Å². The van der Waals surface area contributed by atoms with E-state index in [2.05, 4.69) is 53.4 Å². The number of methoxy groups -OCH3 is 1. The lowest BCUT2D eigenvalue weighted by Crippen LogP contribution is -2.22. The van der Waals surface area contributed by atoms with Gasteiger partial charge in [0.05, 0.1) is 12.8 Å². The normalized spacial score (nSPS) is 16.3. The molecule has 1 N–H and O–H groups in total. The fourth-order valence-electron chi connectivity index (χ4n) is 3.60. The minimum absolute atomic E-state index is 0.270. The molecule has 0 spiro atoms. The highest BCUT2D eigenvalue weighted by Crippen LogP contribution is 2.24. The maximum absolute atomic E-state index is 5.57. The molecule has 0 radical (unpaired) electrons. The summed E-state index contributed by atoms with van der Waals surface area (Å²) < 4.78 is 7.61. The van der Waals surface area contributed by atoms with Crippen LogP contribution >= 0.6 is 0 Å². The SMILES string of the molecule is CCn1nccc1C(C)NCc1ccc(OC)c(CN2CCCC2)c1. The molecule has 5 heteroatoms. The Morgan fingerprint density at radius 1 is 1.24 bits per heavy atom. The number of hydrogen-bond acceptors (Lipinski definition) is 4. The Hall–Kier alpha value is -1.85. The van der Waals surface area contributed by atoms with Crippen molar-refractivity contribution in [1.82, 2.24) is 20.0 Å². The van der Waals surface area contributed by atoms with Crippen LogP contribution in [0.3, 0.4) is 0 Å². The molecule has 2 heterocycles. The van der Waals surface area contributed by atoms with Gasteiger partial charge in [-0.3, -0.25) is 9.58 Å². The van der Waals surface area contributed by atoms with Crippen molar-refractivity contribution in [3.05, 3.63) is 47.3 Å². The molecule has 1 unspecified atom stereocenters. The number of likely N-dealkylation sites (tertiary alicyclic amines) is 1. The Morgan fingerprint density at radius 3 is 2.76 bits per heavy atom. The van der Waals surface area contributed by atoms with Gasteiger partial charge in [-0.25, -0.2) is 0 Å². The second-order valence-corrected chi connectivity index (χ2v) is 6.80. The van der Waals surface area contributed by atoms with Crippen LogP contribution in [-0.4, -0.2) is 34.9 Å². The molecule has 5 nitrogen and oxygen atoms in total. The molecule has 1 aromatic heterocycles. The van der Waals surface area contributed by atoms with Crippen LogP contribution in [0.1, 0.15) is 49.6 Å². The van der Waals surface area contributed by atoms with Gasteiger partial charge in [0.25, 0.3) is 0 Å². The Morgan fingerprint density at radius 2 is 2.04 bits per heavy atom. The van der Waals surface area contributed by atoms with E-state index in [0.717, 1.165) is 25.4 Å². The molecule has 1 atom stereocenters. The second kappa shape index (κ2) is 8.50. The standard InChI is InChI=1S/C20H30N4O/c1-4-24-19(9-10-22-24)16(2)21-14-17-7-8-20(25-3)18(13-17)15-23-11-5-6-12-23/h7-10,13,16,21H,4-6,11-12,14-15H2,1-3H3. The molecule has 0 aliphatic carbocycles. The average Bonchev–Trinajstić information content (AvgIpc) is 3.31. The predicted octanol–water partition coefficient (Wildman–Crippen LogP) is 3.36. The van der Waals surface area contributed by atoms with Crippen LogP contribution < -0.4 is 10.1 Å². The molecule has 0 amide bonds. The molecule has 1 aliphatic heterocycles. The van der Waals surface area contributed by atoms with Crippen molar-refractivity contribution in [1.29, 1.82) is 0 Å². The van der Waals surface area contributed by atoms with Gasteiger partial charge >= 0.3 is 0 Å². The minimum Gasteiger partial charge on any atom is -0.496 e. The van der Waals surface area contributed by atoms with Crippen molar-refractivity contribution in [2.75, 3.05) is 20.2 Å². The second-order valence-electron chi connectivity index (χ2n) is 6.80. The fraction of sp³-hybridized carbons (Fsp3) is 0.550. The molecule has 0 saturated carbocycles. The van der Waals surface area contributed by atoms with Gasteiger partial charge in [0.1, 0.15) is 5.75 Å². The van der Waals surface area contributed by atoms with Crippen molar-refractivity contribution in [2.45, 2.75) is 52.4 Å². The van der Waals surface area contributed by atoms with Gasteiger partial charge < -0.3 is 10.1 Å². The van der Waals surface area contributed by atoms with E-state index in [9.17, 15) is 0 Å². The number of nitrogens with one attached hydrogen (secondary N) is 1. The number of benzene rings is 1. The first-order valence-corrected chi connectivity index (χ1v) is 9.34. The Balaban J connectivity index is 1.65. The zero-order chi connectivity index (χ0) is 17.6. The summed E-state index contributed by atoms with van der Waals surface area (Å²) in [4.78, 5) is 2.51. The largest absolute Gasteiger partial charge is 0.496 e. The van der Waals surface area contributed by atoms with Crippen molar-refractivity contribution >= 4 is 0 Å². The molecule has 1 aromatic carbocycles. The Bertz CT molecular complexity index is 676. The summed E-state index contributed by atoms with van der Waals surface area (Å²) in [6.45, 7) is 9.43. The number of nitrogens with zero attached hydrogens (tertiary/aromatic N) is 3. The van der Waals surface area contributed by atoms with E-state index in [4.69, 9.17) is 4.74 Å². The Kier molecular flexibility index (Phi) is 6.10. The third kappa shape index (κ3) is 4.41. The molecular formula is C20H30N4O. The summed E-state index contributed by atoms with van der Waals surface area (Å²) >= 11 is 0. The number of aromatic nitrogens is 2. The quantitative estimate of drug-likeness (QED) is 0.799. The maximum atomic E-state index is 5.57. The molecular weight excluding hydrogens is 312 g/mol. The van der Waals surface area contributed by atoms with Crippen LogP contribution in [0.2, 0.25) is 0 Å². The third-order valence-corrected chi connectivity index (χ3v) is 5.04. The predicted molar refractivity (Wildman–Crippen MR) is 101 cm³/mol. The van der Waals surface area contributed by atoms with Crippen LogP contribution in [0.5, 0.6) is 5.75 Å². The summed E-state index contributed by atoms with van der Waals surface area (Å²) in [6, 6.07) is 8.90. The molecule has 0 bridgehead atoms. The number of aryl methyl sites for hydroxylation is 1. The molecule has 2 aromatic rings. The first-order chi connectivity index (χ1) is 12.2. The summed E-state index contributed by atoms with van der Waals surface area (Å²) in [6.07, 6.45) is 4.50. The maximum Gasteiger partial charge on any atom is 0.123 e. The topological polar surface area (TPSA) is 42.3 Å². The summed E-state index contributed by atoms with van der Waals surface area (Å²) in [5.41, 5.74) is 3.81. The molecule has 3 rings (SSSR count). The van der Waals surface area contributed by atoms with Crippen molar-refractivity contribution in [3.63, 3.8) is 0 Å². The molecule has 25 heavy (non-hydrogen) atoms. The van der Waals surface area contributed by atoms with Gasteiger partial charge in [-0.15, -0.1) is 0 Å². The highest BCUT2D eigenvalue weighted by atomic mass is 16.5. The molecule has 1 saturated heterocycles. The van der Waals surface area contributed by atoms with Gasteiger partial charge in [0.2, 0.25) is 0 Å². The summed E-state index contributed by atoms with van der Waals surface area (Å²) in [7, 11) is 1.76. The van der Waals surface area contributed by atoms with E-state index in [1.165, 1.54) is 42.8 Å². The Labute approximate surface area is 151 Å². The van der Waals surface area contributed by atoms with Gasteiger partial charge in [-0.05, 0) is 63.5 Å². The van der Waals surface area contributed by atoms with Crippen LogP contribution in [0, 0.1) is 0 Å². The molecule has 1 aliphatic rings. The van der Waals surface area contributed by atoms with Gasteiger partial charge in [0.15, 0.2) is 0 Å². The molecule has 136 valence electrons. The number of hydrogen-bond donors (Lipinski definition) is 1. The van der Waals surface area contributed by atoms with E-state index < -0.39 is 0 Å². The highest BCUT2D eigenvalue weighted by Gasteiger charge is 2.15. The average molecular weight is 342 g/mol. The van der Waals surface area contributed by atoms with E-state index in [0.29, 0.717) is 0 Å². The lowest BCUT2D eigenvalue weighted by Gasteiger charge is -2.19. The van der Waals surface area contributed by atoms with Gasteiger partial charge in [-0.1, -0.05) is 6.07 Å². The summed E-state index contributed by atoms with van der Waals surface area (Å²) in [5, 5.41) is 7.98. The lowest BCUT2D eigenvalue weighted by atomic mass is 10.1. The van der Waals surface area contributed by atoms with E-state index in [-0.39, 0.29) is 6.04 Å². The smallest absolute Gasteiger partial charge is 0.123 e. The van der Waals surface area contributed by atoms with Crippen molar-refractivity contribution in [3.8, 4) is 5.75 Å².